The van der Waals surface area contributed by atoms with Gasteiger partial charge in [0.15, 0.2) is 0 Å². The van der Waals surface area contributed by atoms with Gasteiger partial charge in [0.25, 0.3) is 0 Å². The van der Waals surface area contributed by atoms with Gasteiger partial charge in [-0.1, -0.05) is 56.9 Å². The Kier molecular flexibility index (Phi) is 8.62. The Labute approximate surface area is 159 Å². The standard InChI is InChI=1S/C17H16Cl2OS3/c1-20-14-4-6-15(7-5-14)21-9-2-10-22-23-12-13-3-8-16(18)17(19)11-13/h2-8,10-11H,9,12H2,1H3/b10-2-. The lowest BCUT2D eigenvalue weighted by atomic mass is 10.2. The quantitative estimate of drug-likeness (QED) is 0.262. The van der Waals surface area contributed by atoms with Crippen LogP contribution in [0.25, 0.3) is 0 Å². The smallest absolute Gasteiger partial charge is 0.118 e. The Morgan fingerprint density at radius 2 is 1.83 bits per heavy atom. The van der Waals surface area contributed by atoms with Crippen molar-refractivity contribution in [1.82, 2.24) is 0 Å². The van der Waals surface area contributed by atoms with Crippen molar-refractivity contribution in [3.05, 3.63) is 69.6 Å². The van der Waals surface area contributed by atoms with Gasteiger partial charge in [0, 0.05) is 16.4 Å². The number of thioether (sulfide) groups is 1. The van der Waals surface area contributed by atoms with Crippen LogP contribution in [0.5, 0.6) is 5.75 Å². The number of hydrogen-bond acceptors (Lipinski definition) is 4. The van der Waals surface area contributed by atoms with E-state index < -0.39 is 0 Å². The molecule has 1 nitrogen and oxygen atoms in total. The number of benzene rings is 2. The Morgan fingerprint density at radius 1 is 1.04 bits per heavy atom. The highest BCUT2D eigenvalue weighted by molar-refractivity contribution is 8.77. The topological polar surface area (TPSA) is 9.23 Å². The lowest BCUT2D eigenvalue weighted by molar-refractivity contribution is 0.414. The fourth-order valence-electron chi connectivity index (χ4n) is 1.67. The molecule has 2 rings (SSSR count). The minimum absolute atomic E-state index is 0.600. The molecule has 0 aliphatic rings. The van der Waals surface area contributed by atoms with Crippen LogP contribution in [0, 0.1) is 0 Å². The summed E-state index contributed by atoms with van der Waals surface area (Å²) < 4.78 is 5.14. The Hall–Kier alpha value is -0.390. The van der Waals surface area contributed by atoms with E-state index in [2.05, 4.69) is 23.6 Å². The molecule has 0 atom stereocenters. The van der Waals surface area contributed by atoms with Crippen molar-refractivity contribution in [1.29, 1.82) is 0 Å². The van der Waals surface area contributed by atoms with E-state index in [0.29, 0.717) is 10.0 Å². The first-order chi connectivity index (χ1) is 11.2. The van der Waals surface area contributed by atoms with E-state index in [1.807, 2.05) is 30.3 Å². The van der Waals surface area contributed by atoms with Crippen LogP contribution < -0.4 is 4.74 Å². The minimum Gasteiger partial charge on any atom is -0.497 e. The predicted octanol–water partition coefficient (Wildman–Crippen LogP) is 7.19. The van der Waals surface area contributed by atoms with Gasteiger partial charge in [0.05, 0.1) is 17.2 Å². The molecule has 0 fully saturated rings. The lowest BCUT2D eigenvalue weighted by Gasteiger charge is -2.02. The zero-order valence-corrected chi connectivity index (χ0v) is 16.5. The molecule has 0 radical (unpaired) electrons. The number of ether oxygens (including phenoxy) is 1. The van der Waals surface area contributed by atoms with Crippen LogP contribution in [-0.4, -0.2) is 12.9 Å². The van der Waals surface area contributed by atoms with Crippen LogP contribution in [0.3, 0.4) is 0 Å². The predicted molar refractivity (Wildman–Crippen MR) is 108 cm³/mol. The molecule has 0 spiro atoms. The highest BCUT2D eigenvalue weighted by Crippen LogP contribution is 2.30. The fraction of sp³-hybridized carbons (Fsp3) is 0.176. The van der Waals surface area contributed by atoms with Crippen LogP contribution in [0.1, 0.15) is 5.56 Å². The van der Waals surface area contributed by atoms with Crippen molar-refractivity contribution in [2.24, 2.45) is 0 Å². The first kappa shape index (κ1) is 18.9. The second-order valence-electron chi connectivity index (χ2n) is 4.47. The zero-order chi connectivity index (χ0) is 16.5. The van der Waals surface area contributed by atoms with Crippen molar-refractivity contribution < 1.29 is 4.74 Å². The Bertz CT molecular complexity index is 645. The van der Waals surface area contributed by atoms with E-state index in [4.69, 9.17) is 27.9 Å². The Morgan fingerprint density at radius 3 is 2.52 bits per heavy atom. The average Bonchev–Trinajstić information content (AvgIpc) is 2.57. The summed E-state index contributed by atoms with van der Waals surface area (Å²) in [6, 6.07) is 13.9. The number of rotatable bonds is 8. The minimum atomic E-state index is 0.600. The molecule has 122 valence electrons. The van der Waals surface area contributed by atoms with Crippen LogP contribution in [0.15, 0.2) is 58.8 Å². The van der Waals surface area contributed by atoms with E-state index in [-0.39, 0.29) is 0 Å². The van der Waals surface area contributed by atoms with Gasteiger partial charge in [-0.3, -0.25) is 0 Å². The van der Waals surface area contributed by atoms with E-state index in [1.54, 1.807) is 40.5 Å². The highest BCUT2D eigenvalue weighted by Gasteiger charge is 1.99. The molecule has 0 bridgehead atoms. The SMILES string of the molecule is COc1ccc(SC/C=C\SSCc2ccc(Cl)c(Cl)c2)cc1. The molecular formula is C17H16Cl2OS3. The molecule has 0 unspecified atom stereocenters. The lowest BCUT2D eigenvalue weighted by Crippen LogP contribution is -1.81. The summed E-state index contributed by atoms with van der Waals surface area (Å²) in [7, 11) is 5.18. The third-order valence-corrected chi connectivity index (χ3v) is 6.52. The van der Waals surface area contributed by atoms with Gasteiger partial charge in [-0.15, -0.1) is 11.8 Å². The molecule has 2 aromatic carbocycles. The van der Waals surface area contributed by atoms with Gasteiger partial charge < -0.3 is 4.74 Å². The van der Waals surface area contributed by atoms with Gasteiger partial charge in [-0.2, -0.15) is 0 Å². The summed E-state index contributed by atoms with van der Waals surface area (Å²) in [5.41, 5.74) is 1.18. The summed E-state index contributed by atoms with van der Waals surface area (Å²) in [6.45, 7) is 0. The molecule has 0 aromatic heterocycles. The molecule has 0 saturated carbocycles. The maximum Gasteiger partial charge on any atom is 0.118 e. The molecular weight excluding hydrogens is 387 g/mol. The number of halogens is 2. The second kappa shape index (κ2) is 10.5. The Balaban J connectivity index is 1.63. The molecule has 0 heterocycles. The molecule has 23 heavy (non-hydrogen) atoms. The highest BCUT2D eigenvalue weighted by atomic mass is 35.5. The molecule has 2 aromatic rings. The molecule has 0 N–H and O–H groups in total. The summed E-state index contributed by atoms with van der Waals surface area (Å²) in [4.78, 5) is 1.24. The molecule has 0 aliphatic heterocycles. The van der Waals surface area contributed by atoms with Crippen molar-refractivity contribution in [2.75, 3.05) is 12.9 Å². The number of hydrogen-bond donors (Lipinski definition) is 0. The van der Waals surface area contributed by atoms with E-state index in [9.17, 15) is 0 Å². The molecule has 0 aliphatic carbocycles. The van der Waals surface area contributed by atoms with E-state index in [1.165, 1.54) is 10.5 Å². The first-order valence-electron chi connectivity index (χ1n) is 6.83. The molecule has 6 heteroatoms. The van der Waals surface area contributed by atoms with E-state index >= 15 is 0 Å². The van der Waals surface area contributed by atoms with Crippen LogP contribution in [0.4, 0.5) is 0 Å². The third-order valence-electron chi connectivity index (χ3n) is 2.84. The maximum absolute atomic E-state index is 6.00. The summed E-state index contributed by atoms with van der Waals surface area (Å²) in [6.07, 6.45) is 2.17. The van der Waals surface area contributed by atoms with Crippen molar-refractivity contribution in [3.63, 3.8) is 0 Å². The zero-order valence-electron chi connectivity index (χ0n) is 12.5. The largest absolute Gasteiger partial charge is 0.497 e. The summed E-state index contributed by atoms with van der Waals surface area (Å²) >= 11 is 13.7. The van der Waals surface area contributed by atoms with Gasteiger partial charge in [-0.05, 0) is 47.4 Å². The summed E-state index contributed by atoms with van der Waals surface area (Å²) in [5, 5.41) is 3.34. The van der Waals surface area contributed by atoms with Crippen molar-refractivity contribution >= 4 is 56.6 Å². The van der Waals surface area contributed by atoms with Crippen molar-refractivity contribution in [2.45, 2.75) is 10.6 Å². The van der Waals surface area contributed by atoms with Crippen molar-refractivity contribution in [3.8, 4) is 5.75 Å². The maximum atomic E-state index is 6.00. The normalized spacial score (nSPS) is 11.1. The molecule has 0 saturated heterocycles. The monoisotopic (exact) mass is 402 g/mol. The van der Waals surface area contributed by atoms with Gasteiger partial charge >= 0.3 is 0 Å². The van der Waals surface area contributed by atoms with Gasteiger partial charge in [-0.25, -0.2) is 0 Å². The van der Waals surface area contributed by atoms with Crippen LogP contribution in [-0.2, 0) is 5.75 Å². The van der Waals surface area contributed by atoms with Crippen LogP contribution >= 0.6 is 56.6 Å². The van der Waals surface area contributed by atoms with Crippen LogP contribution in [0.2, 0.25) is 10.0 Å². The third kappa shape index (κ3) is 6.94. The van der Waals surface area contributed by atoms with Gasteiger partial charge in [0.1, 0.15) is 5.75 Å². The van der Waals surface area contributed by atoms with Gasteiger partial charge in [0.2, 0.25) is 0 Å². The molecule has 0 amide bonds. The fourth-order valence-corrected chi connectivity index (χ4v) is 4.54. The average molecular weight is 403 g/mol. The first-order valence-corrected chi connectivity index (χ1v) is 11.0. The second-order valence-corrected chi connectivity index (χ2v) is 8.65. The van der Waals surface area contributed by atoms with E-state index in [0.717, 1.165) is 17.3 Å². The summed E-state index contributed by atoms with van der Waals surface area (Å²) in [5.74, 6) is 2.74. The number of methoxy groups -OCH3 is 1.